The van der Waals surface area contributed by atoms with E-state index in [-0.39, 0.29) is 0 Å². The zero-order valence-electron chi connectivity index (χ0n) is 12.5. The molecule has 2 unspecified atom stereocenters. The van der Waals surface area contributed by atoms with Crippen LogP contribution < -0.4 is 5.32 Å². The van der Waals surface area contributed by atoms with E-state index in [0.29, 0.717) is 18.1 Å². The highest BCUT2D eigenvalue weighted by atomic mass is 15.2. The molecule has 0 aliphatic carbocycles. The van der Waals surface area contributed by atoms with E-state index < -0.39 is 0 Å². The van der Waals surface area contributed by atoms with Gasteiger partial charge >= 0.3 is 0 Å². The van der Waals surface area contributed by atoms with E-state index in [1.54, 1.807) is 0 Å². The van der Waals surface area contributed by atoms with Crippen LogP contribution in [0.25, 0.3) is 0 Å². The Hall–Kier alpha value is -0.860. The molecule has 0 heterocycles. The minimum atomic E-state index is 0.401. The molecule has 1 aromatic rings. The molecule has 1 rings (SSSR count). The molecule has 0 saturated heterocycles. The molecular weight excluding hydrogens is 220 g/mol. The van der Waals surface area contributed by atoms with E-state index in [1.807, 2.05) is 0 Å². The molecule has 2 heteroatoms. The third-order valence-corrected chi connectivity index (χ3v) is 3.71. The lowest BCUT2D eigenvalue weighted by Crippen LogP contribution is -2.44. The summed E-state index contributed by atoms with van der Waals surface area (Å²) in [4.78, 5) is 2.43. The Kier molecular flexibility index (Phi) is 6.37. The molecule has 0 aromatic heterocycles. The van der Waals surface area contributed by atoms with Gasteiger partial charge in [0.15, 0.2) is 0 Å². The van der Waals surface area contributed by atoms with Crippen LogP contribution in [-0.4, -0.2) is 30.6 Å². The van der Waals surface area contributed by atoms with Crippen LogP contribution >= 0.6 is 0 Å². The monoisotopic (exact) mass is 248 g/mol. The van der Waals surface area contributed by atoms with Gasteiger partial charge in [0.05, 0.1) is 0 Å². The van der Waals surface area contributed by atoms with E-state index in [0.717, 1.165) is 6.54 Å². The predicted molar refractivity (Wildman–Crippen MR) is 79.8 cm³/mol. The Labute approximate surface area is 112 Å². The van der Waals surface area contributed by atoms with Crippen LogP contribution in [0.4, 0.5) is 0 Å². The minimum Gasteiger partial charge on any atom is -0.309 e. The third kappa shape index (κ3) is 4.11. The molecule has 0 amide bonds. The molecular formula is C16H28N2. The first-order chi connectivity index (χ1) is 8.57. The molecule has 1 aromatic carbocycles. The molecule has 1 N–H and O–H groups in total. The zero-order valence-corrected chi connectivity index (χ0v) is 12.5. The Morgan fingerprint density at radius 3 is 2.22 bits per heavy atom. The van der Waals surface area contributed by atoms with Gasteiger partial charge in [0.1, 0.15) is 0 Å². The van der Waals surface area contributed by atoms with E-state index in [4.69, 9.17) is 0 Å². The highest BCUT2D eigenvalue weighted by Gasteiger charge is 2.23. The van der Waals surface area contributed by atoms with Crippen LogP contribution in [0.1, 0.15) is 45.7 Å². The summed E-state index contributed by atoms with van der Waals surface area (Å²) >= 11 is 0. The molecule has 0 bridgehead atoms. The van der Waals surface area contributed by atoms with Crippen LogP contribution in [0.15, 0.2) is 30.3 Å². The maximum atomic E-state index is 3.68. The van der Waals surface area contributed by atoms with Crippen molar-refractivity contribution in [1.82, 2.24) is 10.2 Å². The van der Waals surface area contributed by atoms with Crippen molar-refractivity contribution in [3.8, 4) is 0 Å². The molecule has 102 valence electrons. The van der Waals surface area contributed by atoms with E-state index in [1.165, 1.54) is 12.0 Å². The van der Waals surface area contributed by atoms with E-state index >= 15 is 0 Å². The molecule has 2 atom stereocenters. The van der Waals surface area contributed by atoms with Crippen molar-refractivity contribution in [3.63, 3.8) is 0 Å². The summed E-state index contributed by atoms with van der Waals surface area (Å²) in [5.74, 6) is 0. The van der Waals surface area contributed by atoms with Crippen LogP contribution in [0, 0.1) is 0 Å². The van der Waals surface area contributed by atoms with Crippen molar-refractivity contribution in [1.29, 1.82) is 0 Å². The van der Waals surface area contributed by atoms with Crippen molar-refractivity contribution >= 4 is 0 Å². The third-order valence-electron chi connectivity index (χ3n) is 3.71. The van der Waals surface area contributed by atoms with Crippen molar-refractivity contribution in [2.45, 2.75) is 52.2 Å². The molecule has 0 spiro atoms. The highest BCUT2D eigenvalue weighted by Crippen LogP contribution is 2.21. The first kappa shape index (κ1) is 15.2. The van der Waals surface area contributed by atoms with Gasteiger partial charge in [-0.25, -0.2) is 0 Å². The average molecular weight is 248 g/mol. The van der Waals surface area contributed by atoms with Gasteiger partial charge in [-0.1, -0.05) is 37.3 Å². The number of hydrogen-bond donors (Lipinski definition) is 1. The largest absolute Gasteiger partial charge is 0.309 e. The van der Waals surface area contributed by atoms with Gasteiger partial charge < -0.3 is 5.32 Å². The number of likely N-dealkylation sites (N-methyl/N-ethyl adjacent to an activating group) is 1. The Morgan fingerprint density at radius 1 is 1.11 bits per heavy atom. The maximum absolute atomic E-state index is 3.68. The summed E-state index contributed by atoms with van der Waals surface area (Å²) in [6.07, 6.45) is 1.17. The van der Waals surface area contributed by atoms with Gasteiger partial charge in [0, 0.05) is 18.1 Å². The van der Waals surface area contributed by atoms with Gasteiger partial charge in [-0.3, -0.25) is 4.90 Å². The Morgan fingerprint density at radius 2 is 1.72 bits per heavy atom. The summed E-state index contributed by atoms with van der Waals surface area (Å²) in [7, 11) is 2.21. The fourth-order valence-corrected chi connectivity index (χ4v) is 2.23. The summed E-state index contributed by atoms with van der Waals surface area (Å²) in [6.45, 7) is 10.1. The lowest BCUT2D eigenvalue weighted by molar-refractivity contribution is 0.168. The second kappa shape index (κ2) is 7.55. The first-order valence-corrected chi connectivity index (χ1v) is 7.08. The molecule has 0 fully saturated rings. The fraction of sp³-hybridized carbons (Fsp3) is 0.625. The Balaban J connectivity index is 2.84. The van der Waals surface area contributed by atoms with Crippen LogP contribution in [-0.2, 0) is 0 Å². The zero-order chi connectivity index (χ0) is 13.5. The fourth-order valence-electron chi connectivity index (χ4n) is 2.23. The second-order valence-electron chi connectivity index (χ2n) is 5.34. The quantitative estimate of drug-likeness (QED) is 0.795. The van der Waals surface area contributed by atoms with Crippen LogP contribution in [0.2, 0.25) is 0 Å². The number of nitrogens with one attached hydrogen (secondary N) is 1. The molecule has 0 aliphatic heterocycles. The predicted octanol–water partition coefficient (Wildman–Crippen LogP) is 3.46. The topological polar surface area (TPSA) is 15.3 Å². The summed E-state index contributed by atoms with van der Waals surface area (Å²) in [6, 6.07) is 12.2. The highest BCUT2D eigenvalue weighted by molar-refractivity contribution is 5.20. The molecule has 18 heavy (non-hydrogen) atoms. The number of nitrogens with zero attached hydrogens (tertiary/aromatic N) is 1. The van der Waals surface area contributed by atoms with Gasteiger partial charge in [-0.15, -0.1) is 0 Å². The van der Waals surface area contributed by atoms with Crippen molar-refractivity contribution in [2.75, 3.05) is 13.6 Å². The van der Waals surface area contributed by atoms with Crippen molar-refractivity contribution in [3.05, 3.63) is 35.9 Å². The lowest BCUT2D eigenvalue weighted by Gasteiger charge is -2.35. The van der Waals surface area contributed by atoms with Crippen LogP contribution in [0.5, 0.6) is 0 Å². The first-order valence-electron chi connectivity index (χ1n) is 7.08. The van der Waals surface area contributed by atoms with Gasteiger partial charge in [-0.2, -0.15) is 0 Å². The standard InChI is InChI=1S/C16H28N2/c1-6-12-17-16(14(4)18(5)13(2)3)15-10-8-7-9-11-15/h7-11,13-14,16-17H,6,12H2,1-5H3. The summed E-state index contributed by atoms with van der Waals surface area (Å²) in [5, 5.41) is 3.68. The minimum absolute atomic E-state index is 0.401. The summed E-state index contributed by atoms with van der Waals surface area (Å²) in [5.41, 5.74) is 1.38. The number of benzene rings is 1. The molecule has 2 nitrogen and oxygen atoms in total. The van der Waals surface area contributed by atoms with Crippen LogP contribution in [0.3, 0.4) is 0 Å². The maximum Gasteiger partial charge on any atom is 0.0475 e. The normalized spacial score (nSPS) is 15.1. The number of hydrogen-bond acceptors (Lipinski definition) is 2. The number of rotatable bonds is 7. The smallest absolute Gasteiger partial charge is 0.0475 e. The van der Waals surface area contributed by atoms with Gasteiger partial charge in [0.2, 0.25) is 0 Å². The van der Waals surface area contributed by atoms with Gasteiger partial charge in [-0.05, 0) is 46.3 Å². The van der Waals surface area contributed by atoms with Gasteiger partial charge in [0.25, 0.3) is 0 Å². The lowest BCUT2D eigenvalue weighted by atomic mass is 9.98. The van der Waals surface area contributed by atoms with E-state index in [2.05, 4.69) is 75.3 Å². The van der Waals surface area contributed by atoms with E-state index in [9.17, 15) is 0 Å². The summed E-state index contributed by atoms with van der Waals surface area (Å²) < 4.78 is 0. The second-order valence-corrected chi connectivity index (χ2v) is 5.34. The Bertz CT molecular complexity index is 321. The van der Waals surface area contributed by atoms with Crippen molar-refractivity contribution < 1.29 is 0 Å². The molecule has 0 radical (unpaired) electrons. The molecule has 0 aliphatic rings. The SMILES string of the molecule is CCCNC(c1ccccc1)C(C)N(C)C(C)C. The van der Waals surface area contributed by atoms with Crippen molar-refractivity contribution in [2.24, 2.45) is 0 Å². The average Bonchev–Trinajstić information content (AvgIpc) is 2.39. The molecule has 0 saturated carbocycles.